The number of benzene rings is 1. The highest BCUT2D eigenvalue weighted by atomic mass is 32.2. The number of carbonyl (C=O) groups is 1. The number of aliphatic imine (C=N–C) groups is 1. The van der Waals surface area contributed by atoms with Gasteiger partial charge in [-0.05, 0) is 37.4 Å². The van der Waals surface area contributed by atoms with Crippen molar-refractivity contribution in [2.45, 2.75) is 25.1 Å². The zero-order chi connectivity index (χ0) is 19.4. The molecule has 1 amide bonds. The highest BCUT2D eigenvalue weighted by Crippen LogP contribution is 2.34. The maximum Gasteiger partial charge on any atom is 0.251 e. The number of amidine groups is 1. The van der Waals surface area contributed by atoms with Crippen molar-refractivity contribution in [1.82, 2.24) is 10.2 Å². The van der Waals surface area contributed by atoms with Gasteiger partial charge in [0.05, 0.1) is 17.5 Å². The van der Waals surface area contributed by atoms with Crippen LogP contribution in [0.15, 0.2) is 29.3 Å². The summed E-state index contributed by atoms with van der Waals surface area (Å²) in [6.07, 6.45) is 0. The fraction of sp³-hybridized carbons (Fsp3) is 0.556. The minimum Gasteiger partial charge on any atom is -0.351 e. The van der Waals surface area contributed by atoms with Crippen LogP contribution in [0.25, 0.3) is 0 Å². The number of nitrogens with zero attached hydrogens (tertiary/aromatic N) is 2. The van der Waals surface area contributed by atoms with Crippen molar-refractivity contribution in [3.8, 4) is 0 Å². The van der Waals surface area contributed by atoms with Crippen LogP contribution in [0.2, 0.25) is 0 Å². The van der Waals surface area contributed by atoms with E-state index in [2.05, 4.69) is 34.4 Å². The summed E-state index contributed by atoms with van der Waals surface area (Å²) in [4.78, 5) is 19.0. The molecule has 0 radical (unpaired) electrons. The molecule has 9 heteroatoms. The number of sulfone groups is 1. The average Bonchev–Trinajstić information content (AvgIpc) is 3.11. The number of carbonyl (C=O) groups excluding carboxylic acids is 1. The van der Waals surface area contributed by atoms with E-state index < -0.39 is 9.84 Å². The molecule has 2 heterocycles. The second-order valence-corrected chi connectivity index (χ2v) is 10.1. The van der Waals surface area contributed by atoms with Crippen LogP contribution in [-0.4, -0.2) is 73.4 Å². The Hall–Kier alpha value is -1.58. The molecule has 0 aliphatic carbocycles. The van der Waals surface area contributed by atoms with Gasteiger partial charge in [-0.15, -0.1) is 0 Å². The van der Waals surface area contributed by atoms with E-state index >= 15 is 0 Å². The summed E-state index contributed by atoms with van der Waals surface area (Å²) in [5.41, 5.74) is 1.45. The Bertz CT molecular complexity index is 804. The maximum absolute atomic E-state index is 12.2. The molecule has 2 atom stereocenters. The molecule has 0 unspecified atom stereocenters. The van der Waals surface area contributed by atoms with Gasteiger partial charge in [0.1, 0.15) is 0 Å². The lowest BCUT2D eigenvalue weighted by Crippen LogP contribution is -2.34. The van der Waals surface area contributed by atoms with Gasteiger partial charge in [-0.25, -0.2) is 8.42 Å². The Morgan fingerprint density at radius 3 is 2.56 bits per heavy atom. The third-order valence-corrected chi connectivity index (χ3v) is 7.97. The summed E-state index contributed by atoms with van der Waals surface area (Å²) >= 11 is 1.48. The Labute approximate surface area is 164 Å². The predicted octanol–water partition coefficient (Wildman–Crippen LogP) is 1.44. The summed E-state index contributed by atoms with van der Waals surface area (Å²) in [5.74, 6) is 0.257. The first kappa shape index (κ1) is 20.2. The SMILES string of the molecule is CCN(CC)CCNC(=O)c1ccc(NC2=N[C@@H]3CS(=O)(=O)C[C@@H]3S2)cc1. The van der Waals surface area contributed by atoms with Crippen LogP contribution >= 0.6 is 11.8 Å². The molecule has 1 aromatic carbocycles. The lowest BCUT2D eigenvalue weighted by molar-refractivity contribution is 0.0949. The standard InChI is InChI=1S/C18H26N4O3S2/c1-3-22(4-2)10-9-19-17(23)13-5-7-14(8-6-13)20-18-21-15-11-27(24,25)12-16(15)26-18/h5-8,15-16H,3-4,9-12H2,1-2H3,(H,19,23)(H,20,21)/t15-,16+/m1/s1. The number of anilines is 1. The van der Waals surface area contributed by atoms with Crippen molar-refractivity contribution in [3.63, 3.8) is 0 Å². The van der Waals surface area contributed by atoms with E-state index in [1.807, 2.05) is 12.1 Å². The van der Waals surface area contributed by atoms with E-state index in [9.17, 15) is 13.2 Å². The summed E-state index contributed by atoms with van der Waals surface area (Å²) in [6, 6.07) is 7.10. The number of amides is 1. The van der Waals surface area contributed by atoms with Crippen LogP contribution < -0.4 is 10.6 Å². The topological polar surface area (TPSA) is 90.9 Å². The quantitative estimate of drug-likeness (QED) is 0.707. The minimum atomic E-state index is -2.94. The Morgan fingerprint density at radius 2 is 1.93 bits per heavy atom. The Morgan fingerprint density at radius 1 is 1.22 bits per heavy atom. The minimum absolute atomic E-state index is 0.0216. The normalized spacial score (nSPS) is 23.1. The number of thioether (sulfide) groups is 1. The second-order valence-electron chi connectivity index (χ2n) is 6.72. The molecule has 2 N–H and O–H groups in total. The van der Waals surface area contributed by atoms with Gasteiger partial charge in [0.25, 0.3) is 5.91 Å². The van der Waals surface area contributed by atoms with E-state index in [1.54, 1.807) is 12.1 Å². The highest BCUT2D eigenvalue weighted by molar-refractivity contribution is 8.15. The van der Waals surface area contributed by atoms with Gasteiger partial charge in [0.2, 0.25) is 0 Å². The van der Waals surface area contributed by atoms with Crippen molar-refractivity contribution in [2.24, 2.45) is 4.99 Å². The van der Waals surface area contributed by atoms with Crippen molar-refractivity contribution in [3.05, 3.63) is 29.8 Å². The van der Waals surface area contributed by atoms with Gasteiger partial charge in [0, 0.05) is 29.6 Å². The third kappa shape index (κ3) is 5.24. The van der Waals surface area contributed by atoms with E-state index in [0.29, 0.717) is 12.1 Å². The molecule has 3 rings (SSSR count). The monoisotopic (exact) mass is 410 g/mol. The van der Waals surface area contributed by atoms with Crippen LogP contribution in [0.4, 0.5) is 5.69 Å². The van der Waals surface area contributed by atoms with Crippen molar-refractivity contribution in [1.29, 1.82) is 0 Å². The Kier molecular flexibility index (Phi) is 6.44. The predicted molar refractivity (Wildman–Crippen MR) is 111 cm³/mol. The molecular weight excluding hydrogens is 384 g/mol. The van der Waals surface area contributed by atoms with Crippen LogP contribution in [0.1, 0.15) is 24.2 Å². The van der Waals surface area contributed by atoms with Crippen LogP contribution in [0.3, 0.4) is 0 Å². The van der Waals surface area contributed by atoms with Gasteiger partial charge in [-0.1, -0.05) is 25.6 Å². The molecule has 0 saturated carbocycles. The molecule has 0 aromatic heterocycles. The largest absolute Gasteiger partial charge is 0.351 e. The smallest absolute Gasteiger partial charge is 0.251 e. The lowest BCUT2D eigenvalue weighted by atomic mass is 10.2. The first-order chi connectivity index (χ1) is 12.9. The van der Waals surface area contributed by atoms with Gasteiger partial charge >= 0.3 is 0 Å². The lowest BCUT2D eigenvalue weighted by Gasteiger charge is -2.18. The number of nitrogens with one attached hydrogen (secondary N) is 2. The molecule has 7 nitrogen and oxygen atoms in total. The van der Waals surface area contributed by atoms with Gasteiger partial charge in [-0.3, -0.25) is 9.79 Å². The first-order valence-electron chi connectivity index (χ1n) is 9.22. The van der Waals surface area contributed by atoms with E-state index in [0.717, 1.165) is 30.5 Å². The van der Waals surface area contributed by atoms with Crippen molar-refractivity contribution < 1.29 is 13.2 Å². The van der Waals surface area contributed by atoms with Crippen molar-refractivity contribution in [2.75, 3.05) is 43.0 Å². The highest BCUT2D eigenvalue weighted by Gasteiger charge is 2.42. The number of hydrogen-bond acceptors (Lipinski definition) is 7. The van der Waals surface area contributed by atoms with Crippen LogP contribution in [0.5, 0.6) is 0 Å². The molecule has 0 bridgehead atoms. The molecule has 27 heavy (non-hydrogen) atoms. The maximum atomic E-state index is 12.2. The second kappa shape index (κ2) is 8.62. The fourth-order valence-corrected chi connectivity index (χ4v) is 6.89. The van der Waals surface area contributed by atoms with Crippen LogP contribution in [0, 0.1) is 0 Å². The summed E-state index contributed by atoms with van der Waals surface area (Å²) in [6.45, 7) is 7.63. The zero-order valence-corrected chi connectivity index (χ0v) is 17.3. The zero-order valence-electron chi connectivity index (χ0n) is 15.6. The van der Waals surface area contributed by atoms with E-state index in [1.165, 1.54) is 11.8 Å². The van der Waals surface area contributed by atoms with Crippen molar-refractivity contribution >= 4 is 38.4 Å². The fourth-order valence-electron chi connectivity index (χ4n) is 3.21. The molecule has 148 valence electrons. The first-order valence-corrected chi connectivity index (χ1v) is 11.9. The molecule has 2 aliphatic rings. The number of rotatable bonds is 7. The Balaban J connectivity index is 1.50. The average molecular weight is 411 g/mol. The van der Waals surface area contributed by atoms with E-state index in [-0.39, 0.29) is 28.7 Å². The number of likely N-dealkylation sites (N-methyl/N-ethyl adjacent to an activating group) is 1. The van der Waals surface area contributed by atoms with Gasteiger partial charge in [-0.2, -0.15) is 0 Å². The number of hydrogen-bond donors (Lipinski definition) is 2. The van der Waals surface area contributed by atoms with Gasteiger partial charge in [0.15, 0.2) is 15.0 Å². The molecule has 2 aliphatic heterocycles. The van der Waals surface area contributed by atoms with Gasteiger partial charge < -0.3 is 15.5 Å². The summed E-state index contributed by atoms with van der Waals surface area (Å²) in [5, 5.41) is 6.92. The molecule has 1 fully saturated rings. The summed E-state index contributed by atoms with van der Waals surface area (Å²) in [7, 11) is -2.94. The summed E-state index contributed by atoms with van der Waals surface area (Å²) < 4.78 is 23.2. The van der Waals surface area contributed by atoms with E-state index in [4.69, 9.17) is 0 Å². The molecule has 0 spiro atoms. The number of fused-ring (bicyclic) bond motifs is 1. The van der Waals surface area contributed by atoms with Crippen LogP contribution in [-0.2, 0) is 9.84 Å². The molecule has 1 aromatic rings. The third-order valence-electron chi connectivity index (χ3n) is 4.82. The molecular formula is C18H26N4O3S2. The molecule has 1 saturated heterocycles.